The summed E-state index contributed by atoms with van der Waals surface area (Å²) in [4.78, 5) is 21.8. The van der Waals surface area contributed by atoms with E-state index < -0.39 is 4.92 Å². The first-order valence-corrected chi connectivity index (χ1v) is 6.17. The van der Waals surface area contributed by atoms with E-state index in [0.717, 1.165) is 13.0 Å². The molecule has 0 aliphatic heterocycles. The molecule has 0 radical (unpaired) electrons. The summed E-state index contributed by atoms with van der Waals surface area (Å²) in [6, 6.07) is 7.37. The molecule has 2 rings (SSSR count). The number of nitrogens with one attached hydrogen (secondary N) is 1. The Morgan fingerprint density at radius 1 is 1.35 bits per heavy atom. The lowest BCUT2D eigenvalue weighted by Gasteiger charge is -2.05. The molecule has 7 nitrogen and oxygen atoms in total. The number of nitrogens with zero attached hydrogens (tertiary/aromatic N) is 3. The van der Waals surface area contributed by atoms with Gasteiger partial charge in [-0.15, -0.1) is 0 Å². The van der Waals surface area contributed by atoms with Gasteiger partial charge >= 0.3 is 0 Å². The van der Waals surface area contributed by atoms with Crippen LogP contribution in [0.25, 0.3) is 0 Å². The Morgan fingerprint density at radius 2 is 2.10 bits per heavy atom. The molecule has 1 aromatic heterocycles. The van der Waals surface area contributed by atoms with Crippen molar-refractivity contribution < 1.29 is 9.72 Å². The number of hydrogen-bond donors (Lipinski definition) is 1. The quantitative estimate of drug-likeness (QED) is 0.492. The van der Waals surface area contributed by atoms with Crippen LogP contribution in [0.3, 0.4) is 0 Å². The van der Waals surface area contributed by atoms with Gasteiger partial charge in [0.15, 0.2) is 0 Å². The second-order valence-electron chi connectivity index (χ2n) is 4.18. The molecule has 0 aliphatic rings. The number of hydrogen-bond acceptors (Lipinski definition) is 4. The number of rotatable bonds is 6. The molecule has 0 bridgehead atoms. The number of aromatic nitrogens is 2. The van der Waals surface area contributed by atoms with Gasteiger partial charge in [-0.05, 0) is 24.6 Å². The molecule has 20 heavy (non-hydrogen) atoms. The number of aryl methyl sites for hydroxylation is 1. The van der Waals surface area contributed by atoms with Gasteiger partial charge in [0, 0.05) is 43.2 Å². The van der Waals surface area contributed by atoms with E-state index in [2.05, 4.69) is 10.4 Å². The van der Waals surface area contributed by atoms with E-state index in [1.807, 2.05) is 12.3 Å². The number of benzene rings is 1. The minimum atomic E-state index is -0.494. The molecule has 0 aliphatic carbocycles. The monoisotopic (exact) mass is 274 g/mol. The molecule has 0 fully saturated rings. The van der Waals surface area contributed by atoms with Gasteiger partial charge in [-0.1, -0.05) is 0 Å². The van der Waals surface area contributed by atoms with Gasteiger partial charge in [0.1, 0.15) is 0 Å². The van der Waals surface area contributed by atoms with Crippen molar-refractivity contribution in [3.05, 3.63) is 58.4 Å². The highest BCUT2D eigenvalue weighted by atomic mass is 16.6. The van der Waals surface area contributed by atoms with Crippen LogP contribution in [-0.4, -0.2) is 27.2 Å². The van der Waals surface area contributed by atoms with Crippen molar-refractivity contribution in [1.29, 1.82) is 0 Å². The minimum Gasteiger partial charge on any atom is -0.352 e. The summed E-state index contributed by atoms with van der Waals surface area (Å²) >= 11 is 0. The number of carbonyl (C=O) groups is 1. The van der Waals surface area contributed by atoms with Crippen LogP contribution < -0.4 is 5.32 Å². The fourth-order valence-corrected chi connectivity index (χ4v) is 1.71. The highest BCUT2D eigenvalue weighted by Crippen LogP contribution is 2.11. The first-order chi connectivity index (χ1) is 9.66. The highest BCUT2D eigenvalue weighted by Gasteiger charge is 2.08. The molecule has 7 heteroatoms. The van der Waals surface area contributed by atoms with Crippen LogP contribution in [0.4, 0.5) is 5.69 Å². The van der Waals surface area contributed by atoms with E-state index in [-0.39, 0.29) is 11.6 Å². The third-order valence-corrected chi connectivity index (χ3v) is 2.75. The fraction of sp³-hybridized carbons (Fsp3) is 0.231. The van der Waals surface area contributed by atoms with Crippen molar-refractivity contribution in [2.24, 2.45) is 0 Å². The maximum Gasteiger partial charge on any atom is 0.269 e. The van der Waals surface area contributed by atoms with E-state index in [9.17, 15) is 14.9 Å². The zero-order chi connectivity index (χ0) is 14.4. The summed E-state index contributed by atoms with van der Waals surface area (Å²) in [7, 11) is 0. The molecule has 0 saturated heterocycles. The van der Waals surface area contributed by atoms with Crippen LogP contribution in [0.5, 0.6) is 0 Å². The number of amides is 1. The smallest absolute Gasteiger partial charge is 0.269 e. The van der Waals surface area contributed by atoms with Crippen LogP contribution in [0, 0.1) is 10.1 Å². The zero-order valence-electron chi connectivity index (χ0n) is 10.7. The normalized spacial score (nSPS) is 10.2. The largest absolute Gasteiger partial charge is 0.352 e. The summed E-state index contributed by atoms with van der Waals surface area (Å²) in [5, 5.41) is 17.3. The summed E-state index contributed by atoms with van der Waals surface area (Å²) < 4.78 is 1.79. The van der Waals surface area contributed by atoms with Crippen molar-refractivity contribution in [2.75, 3.05) is 6.54 Å². The molecule has 0 unspecified atom stereocenters. The molecule has 0 saturated carbocycles. The maximum atomic E-state index is 11.8. The Labute approximate surface area is 115 Å². The average molecular weight is 274 g/mol. The van der Waals surface area contributed by atoms with Crippen LogP contribution in [0.1, 0.15) is 16.8 Å². The molecule has 104 valence electrons. The molecule has 1 heterocycles. The van der Waals surface area contributed by atoms with Crippen LogP contribution >= 0.6 is 0 Å². The summed E-state index contributed by atoms with van der Waals surface area (Å²) in [6.45, 7) is 1.25. The van der Waals surface area contributed by atoms with Crippen molar-refractivity contribution in [3.8, 4) is 0 Å². The van der Waals surface area contributed by atoms with Crippen molar-refractivity contribution in [2.45, 2.75) is 13.0 Å². The second-order valence-corrected chi connectivity index (χ2v) is 4.18. The van der Waals surface area contributed by atoms with Gasteiger partial charge in [-0.2, -0.15) is 5.10 Å². The Hall–Kier alpha value is -2.70. The van der Waals surface area contributed by atoms with Crippen LogP contribution in [0.15, 0.2) is 42.7 Å². The zero-order valence-corrected chi connectivity index (χ0v) is 10.7. The molecular formula is C13H14N4O3. The van der Waals surface area contributed by atoms with Gasteiger partial charge in [0.2, 0.25) is 0 Å². The molecule has 2 aromatic rings. The first kappa shape index (κ1) is 13.7. The Balaban J connectivity index is 1.78. The Morgan fingerprint density at radius 3 is 2.70 bits per heavy atom. The number of nitro groups is 1. The summed E-state index contributed by atoms with van der Waals surface area (Å²) in [5.41, 5.74) is 0.384. The number of carbonyl (C=O) groups excluding carboxylic acids is 1. The third kappa shape index (κ3) is 3.64. The van der Waals surface area contributed by atoms with E-state index in [4.69, 9.17) is 0 Å². The Bertz CT molecular complexity index is 578. The van der Waals surface area contributed by atoms with Crippen molar-refractivity contribution >= 4 is 11.6 Å². The minimum absolute atomic E-state index is 0.0276. The highest BCUT2D eigenvalue weighted by molar-refractivity contribution is 5.94. The van der Waals surface area contributed by atoms with Crippen molar-refractivity contribution in [3.63, 3.8) is 0 Å². The summed E-state index contributed by atoms with van der Waals surface area (Å²) in [6.07, 6.45) is 4.33. The maximum absolute atomic E-state index is 11.8. The number of nitro benzene ring substituents is 1. The first-order valence-electron chi connectivity index (χ1n) is 6.17. The average Bonchev–Trinajstić information content (AvgIpc) is 2.96. The lowest BCUT2D eigenvalue weighted by Crippen LogP contribution is -2.25. The fourth-order valence-electron chi connectivity index (χ4n) is 1.71. The number of non-ortho nitro benzene ring substituents is 1. The molecule has 1 amide bonds. The van der Waals surface area contributed by atoms with Gasteiger partial charge in [0.05, 0.1) is 4.92 Å². The lowest BCUT2D eigenvalue weighted by atomic mass is 10.2. The van der Waals surface area contributed by atoms with Crippen LogP contribution in [0.2, 0.25) is 0 Å². The van der Waals surface area contributed by atoms with E-state index in [0.29, 0.717) is 12.1 Å². The van der Waals surface area contributed by atoms with Crippen LogP contribution in [-0.2, 0) is 6.54 Å². The van der Waals surface area contributed by atoms with Gasteiger partial charge < -0.3 is 5.32 Å². The molecule has 1 N–H and O–H groups in total. The SMILES string of the molecule is O=C(NCCCn1cccn1)c1ccc([N+](=O)[O-])cc1. The molecule has 0 spiro atoms. The predicted molar refractivity (Wildman–Crippen MR) is 72.3 cm³/mol. The molecule has 1 aromatic carbocycles. The molecule has 0 atom stereocenters. The topological polar surface area (TPSA) is 90.1 Å². The lowest BCUT2D eigenvalue weighted by molar-refractivity contribution is -0.384. The Kier molecular flexibility index (Phi) is 4.43. The molecular weight excluding hydrogens is 260 g/mol. The van der Waals surface area contributed by atoms with E-state index in [1.54, 1.807) is 10.9 Å². The predicted octanol–water partition coefficient (Wildman–Crippen LogP) is 1.61. The standard InChI is InChI=1S/C13H14N4O3/c18-13(11-3-5-12(6-4-11)17(19)20)14-7-1-9-16-10-2-8-15-16/h2-6,8,10H,1,7,9H2,(H,14,18). The van der Waals surface area contributed by atoms with E-state index in [1.165, 1.54) is 24.3 Å². The third-order valence-electron chi connectivity index (χ3n) is 2.75. The van der Waals surface area contributed by atoms with Gasteiger partial charge in [0.25, 0.3) is 11.6 Å². The summed E-state index contributed by atoms with van der Waals surface area (Å²) in [5.74, 6) is -0.236. The van der Waals surface area contributed by atoms with E-state index >= 15 is 0 Å². The second kappa shape index (κ2) is 6.46. The van der Waals surface area contributed by atoms with Gasteiger partial charge in [-0.25, -0.2) is 0 Å². The van der Waals surface area contributed by atoms with Crippen molar-refractivity contribution in [1.82, 2.24) is 15.1 Å². The van der Waals surface area contributed by atoms with Gasteiger partial charge in [-0.3, -0.25) is 19.6 Å².